The largest absolute Gasteiger partial charge is 0.287 e. The van der Waals surface area contributed by atoms with Crippen LogP contribution >= 0.6 is 15.9 Å². The second-order valence-electron chi connectivity index (χ2n) is 4.18. The van der Waals surface area contributed by atoms with Gasteiger partial charge in [-0.2, -0.15) is 10.2 Å². The van der Waals surface area contributed by atoms with Crippen LogP contribution in [-0.4, -0.2) is 25.3 Å². The van der Waals surface area contributed by atoms with E-state index in [0.29, 0.717) is 15.9 Å². The standard InChI is InChI=1S/C11H11BrN4O/c1-15-6-8(11(12)14-15)10(17)9-5-7-3-2-4-16(7)13-9/h5-6H,2-4H2,1H3. The van der Waals surface area contributed by atoms with Crippen LogP contribution < -0.4 is 0 Å². The van der Waals surface area contributed by atoms with Crippen LogP contribution in [0.5, 0.6) is 0 Å². The molecule has 5 nitrogen and oxygen atoms in total. The molecule has 0 aromatic carbocycles. The van der Waals surface area contributed by atoms with E-state index in [1.807, 2.05) is 10.7 Å². The molecule has 0 aliphatic carbocycles. The van der Waals surface area contributed by atoms with Crippen LogP contribution in [-0.2, 0) is 20.0 Å². The molecule has 3 rings (SSSR count). The molecule has 0 radical (unpaired) electrons. The normalized spacial score (nSPS) is 14.0. The minimum atomic E-state index is -0.0770. The van der Waals surface area contributed by atoms with Crippen molar-refractivity contribution in [2.24, 2.45) is 7.05 Å². The zero-order valence-electron chi connectivity index (χ0n) is 9.35. The quantitative estimate of drug-likeness (QED) is 0.790. The number of fused-ring (bicyclic) bond motifs is 1. The molecule has 3 heterocycles. The van der Waals surface area contributed by atoms with Gasteiger partial charge in [0.05, 0.1) is 5.56 Å². The van der Waals surface area contributed by atoms with Crippen LogP contribution in [0.4, 0.5) is 0 Å². The number of nitrogens with zero attached hydrogens (tertiary/aromatic N) is 4. The van der Waals surface area contributed by atoms with Gasteiger partial charge in [-0.15, -0.1) is 0 Å². The third-order valence-corrected chi connectivity index (χ3v) is 3.51. The summed E-state index contributed by atoms with van der Waals surface area (Å²) in [5, 5.41) is 8.43. The summed E-state index contributed by atoms with van der Waals surface area (Å²) in [6.45, 7) is 0.914. The molecule has 0 saturated carbocycles. The van der Waals surface area contributed by atoms with Crippen molar-refractivity contribution < 1.29 is 4.79 Å². The van der Waals surface area contributed by atoms with Crippen molar-refractivity contribution in [3.8, 4) is 0 Å². The lowest BCUT2D eigenvalue weighted by molar-refractivity contribution is 0.103. The zero-order chi connectivity index (χ0) is 12.0. The molecule has 6 heteroatoms. The second kappa shape index (κ2) is 3.80. The van der Waals surface area contributed by atoms with Crippen LogP contribution in [0.25, 0.3) is 0 Å². The fraction of sp³-hybridized carbons (Fsp3) is 0.364. The lowest BCUT2D eigenvalue weighted by Crippen LogP contribution is -2.04. The monoisotopic (exact) mass is 294 g/mol. The molecule has 2 aromatic heterocycles. The second-order valence-corrected chi connectivity index (χ2v) is 4.94. The Morgan fingerprint density at radius 2 is 2.29 bits per heavy atom. The van der Waals surface area contributed by atoms with E-state index in [0.717, 1.165) is 25.1 Å². The average molecular weight is 295 g/mol. The van der Waals surface area contributed by atoms with E-state index in [-0.39, 0.29) is 5.78 Å². The third-order valence-electron chi connectivity index (χ3n) is 2.93. The Hall–Kier alpha value is -1.43. The Morgan fingerprint density at radius 1 is 1.47 bits per heavy atom. The van der Waals surface area contributed by atoms with Gasteiger partial charge in [0.2, 0.25) is 5.78 Å². The van der Waals surface area contributed by atoms with Crippen molar-refractivity contribution >= 4 is 21.7 Å². The third kappa shape index (κ3) is 1.72. The maximum atomic E-state index is 12.2. The molecule has 88 valence electrons. The molecule has 1 aliphatic rings. The highest BCUT2D eigenvalue weighted by atomic mass is 79.9. The first-order valence-electron chi connectivity index (χ1n) is 5.46. The average Bonchev–Trinajstić information content (AvgIpc) is 2.90. The minimum absolute atomic E-state index is 0.0770. The molecule has 2 aromatic rings. The van der Waals surface area contributed by atoms with Gasteiger partial charge in [-0.3, -0.25) is 14.2 Å². The molecule has 0 fully saturated rings. The fourth-order valence-corrected chi connectivity index (χ4v) is 2.66. The number of rotatable bonds is 2. The number of hydrogen-bond donors (Lipinski definition) is 0. The first-order chi connectivity index (χ1) is 8.15. The smallest absolute Gasteiger partial charge is 0.217 e. The predicted octanol–water partition coefficient (Wildman–Crippen LogP) is 1.56. The number of halogens is 1. The summed E-state index contributed by atoms with van der Waals surface area (Å²) in [6.07, 6.45) is 3.83. The summed E-state index contributed by atoms with van der Waals surface area (Å²) >= 11 is 3.28. The molecule has 0 unspecified atom stereocenters. The summed E-state index contributed by atoms with van der Waals surface area (Å²) in [5.74, 6) is -0.0770. The summed E-state index contributed by atoms with van der Waals surface area (Å²) in [5.41, 5.74) is 2.21. The van der Waals surface area contributed by atoms with Gasteiger partial charge in [0.15, 0.2) is 0 Å². The Kier molecular flexibility index (Phi) is 2.39. The number of aryl methyl sites for hydroxylation is 3. The van der Waals surface area contributed by atoms with Gasteiger partial charge in [-0.05, 0) is 34.8 Å². The summed E-state index contributed by atoms with van der Waals surface area (Å²) in [6, 6.07) is 1.88. The van der Waals surface area contributed by atoms with Gasteiger partial charge >= 0.3 is 0 Å². The molecular formula is C11H11BrN4O. The van der Waals surface area contributed by atoms with E-state index in [1.54, 1.807) is 17.9 Å². The maximum absolute atomic E-state index is 12.2. The fourth-order valence-electron chi connectivity index (χ4n) is 2.12. The Balaban J connectivity index is 1.98. The van der Waals surface area contributed by atoms with Gasteiger partial charge in [-0.25, -0.2) is 0 Å². The van der Waals surface area contributed by atoms with Crippen LogP contribution in [0.1, 0.15) is 28.2 Å². The zero-order valence-corrected chi connectivity index (χ0v) is 10.9. The van der Waals surface area contributed by atoms with Crippen molar-refractivity contribution in [3.05, 3.63) is 33.8 Å². The highest BCUT2D eigenvalue weighted by Crippen LogP contribution is 2.20. The number of ketones is 1. The van der Waals surface area contributed by atoms with Gasteiger partial charge < -0.3 is 0 Å². The van der Waals surface area contributed by atoms with Crippen LogP contribution in [0, 0.1) is 0 Å². The van der Waals surface area contributed by atoms with Crippen molar-refractivity contribution in [1.29, 1.82) is 0 Å². The highest BCUT2D eigenvalue weighted by Gasteiger charge is 2.21. The molecule has 0 amide bonds. The van der Waals surface area contributed by atoms with Crippen molar-refractivity contribution in [1.82, 2.24) is 19.6 Å². The summed E-state index contributed by atoms with van der Waals surface area (Å²) in [4.78, 5) is 12.2. The van der Waals surface area contributed by atoms with Crippen LogP contribution in [0.3, 0.4) is 0 Å². The lowest BCUT2D eigenvalue weighted by Gasteiger charge is -1.94. The molecule has 1 aliphatic heterocycles. The molecule has 0 N–H and O–H groups in total. The number of hydrogen-bond acceptors (Lipinski definition) is 3. The molecule has 0 spiro atoms. The van der Waals surface area contributed by atoms with Crippen molar-refractivity contribution in [3.63, 3.8) is 0 Å². The predicted molar refractivity (Wildman–Crippen MR) is 64.9 cm³/mol. The van der Waals surface area contributed by atoms with Crippen molar-refractivity contribution in [2.75, 3.05) is 0 Å². The van der Waals surface area contributed by atoms with E-state index in [9.17, 15) is 4.79 Å². The van der Waals surface area contributed by atoms with Gasteiger partial charge in [0, 0.05) is 25.5 Å². The maximum Gasteiger partial charge on any atom is 0.217 e. The number of carbonyl (C=O) groups is 1. The molecule has 17 heavy (non-hydrogen) atoms. The number of aromatic nitrogens is 4. The topological polar surface area (TPSA) is 52.7 Å². The minimum Gasteiger partial charge on any atom is -0.287 e. The SMILES string of the molecule is Cn1cc(C(=O)c2cc3n(n2)CCC3)c(Br)n1. The van der Waals surface area contributed by atoms with Gasteiger partial charge in [0.1, 0.15) is 10.3 Å². The Bertz CT molecular complexity index is 577. The Labute approximate surface area is 107 Å². The number of carbonyl (C=O) groups excluding carboxylic acids is 1. The lowest BCUT2D eigenvalue weighted by atomic mass is 10.1. The molecule has 0 atom stereocenters. The van der Waals surface area contributed by atoms with E-state index >= 15 is 0 Å². The molecule has 0 saturated heterocycles. The van der Waals surface area contributed by atoms with E-state index in [1.165, 1.54) is 0 Å². The van der Waals surface area contributed by atoms with E-state index in [2.05, 4.69) is 26.1 Å². The molecular weight excluding hydrogens is 284 g/mol. The van der Waals surface area contributed by atoms with Gasteiger partial charge in [0.25, 0.3) is 0 Å². The first-order valence-corrected chi connectivity index (χ1v) is 6.25. The van der Waals surface area contributed by atoms with E-state index < -0.39 is 0 Å². The van der Waals surface area contributed by atoms with Gasteiger partial charge in [-0.1, -0.05) is 0 Å². The first kappa shape index (κ1) is 10.7. The van der Waals surface area contributed by atoms with Crippen LogP contribution in [0.15, 0.2) is 16.9 Å². The highest BCUT2D eigenvalue weighted by molar-refractivity contribution is 9.10. The summed E-state index contributed by atoms with van der Waals surface area (Å²) in [7, 11) is 1.79. The summed E-state index contributed by atoms with van der Waals surface area (Å²) < 4.78 is 4.09. The molecule has 0 bridgehead atoms. The Morgan fingerprint density at radius 3 is 2.94 bits per heavy atom. The van der Waals surface area contributed by atoms with Crippen LogP contribution in [0.2, 0.25) is 0 Å². The van der Waals surface area contributed by atoms with E-state index in [4.69, 9.17) is 0 Å². The van der Waals surface area contributed by atoms with Crippen molar-refractivity contribution in [2.45, 2.75) is 19.4 Å².